The quantitative estimate of drug-likeness (QED) is 0.546. The van der Waals surface area contributed by atoms with Gasteiger partial charge in [-0.15, -0.1) is 0 Å². The van der Waals surface area contributed by atoms with Gasteiger partial charge in [0.15, 0.2) is 0 Å². The third-order valence-corrected chi connectivity index (χ3v) is 4.61. The Labute approximate surface area is 141 Å². The van der Waals surface area contributed by atoms with Crippen LogP contribution in [0.5, 0.6) is 5.75 Å². The molecule has 0 saturated heterocycles. The van der Waals surface area contributed by atoms with E-state index in [1.54, 1.807) is 6.08 Å². The highest BCUT2D eigenvalue weighted by atomic mass is 35.5. The number of ether oxygens (including phenoxy) is 1. The van der Waals surface area contributed by atoms with E-state index in [4.69, 9.17) is 16.3 Å². The topological polar surface area (TPSA) is 38.7 Å². The fourth-order valence-electron chi connectivity index (χ4n) is 2.79. The van der Waals surface area contributed by atoms with Gasteiger partial charge in [0.05, 0.1) is 5.69 Å². The van der Waals surface area contributed by atoms with Crippen molar-refractivity contribution in [2.24, 2.45) is 4.99 Å². The second kappa shape index (κ2) is 6.57. The molecule has 0 atom stereocenters. The summed E-state index contributed by atoms with van der Waals surface area (Å²) < 4.78 is 5.99. The first-order chi connectivity index (χ1) is 11.1. The molecule has 2 aromatic rings. The highest BCUT2D eigenvalue weighted by Crippen LogP contribution is 2.44. The van der Waals surface area contributed by atoms with E-state index in [0.29, 0.717) is 23.2 Å². The number of isocyanates is 1. The van der Waals surface area contributed by atoms with Crippen molar-refractivity contribution < 1.29 is 9.53 Å². The highest BCUT2D eigenvalue weighted by Gasteiger charge is 2.27. The number of aliphatic imine (C=N–C) groups is 1. The Morgan fingerprint density at radius 1 is 1.26 bits per heavy atom. The van der Waals surface area contributed by atoms with E-state index in [1.807, 2.05) is 38.1 Å². The summed E-state index contributed by atoms with van der Waals surface area (Å²) in [6.07, 6.45) is 3.99. The van der Waals surface area contributed by atoms with Gasteiger partial charge in [-0.05, 0) is 61.4 Å². The van der Waals surface area contributed by atoms with E-state index in [0.717, 1.165) is 22.4 Å². The maximum atomic E-state index is 10.7. The zero-order valence-corrected chi connectivity index (χ0v) is 14.0. The average molecular weight is 328 g/mol. The Kier molecular flexibility index (Phi) is 4.51. The lowest BCUT2D eigenvalue weighted by molar-refractivity contribution is 0.303. The summed E-state index contributed by atoms with van der Waals surface area (Å²) in [5.41, 5.74) is 4.89. The Morgan fingerprint density at radius 2 is 2.04 bits per heavy atom. The van der Waals surface area contributed by atoms with Crippen molar-refractivity contribution in [1.82, 2.24) is 0 Å². The molecular formula is C19H18ClNO2. The van der Waals surface area contributed by atoms with Crippen molar-refractivity contribution >= 4 is 23.4 Å². The highest BCUT2D eigenvalue weighted by molar-refractivity contribution is 6.31. The van der Waals surface area contributed by atoms with Crippen LogP contribution in [-0.2, 0) is 11.4 Å². The summed E-state index contributed by atoms with van der Waals surface area (Å²) in [4.78, 5) is 14.5. The van der Waals surface area contributed by atoms with E-state index in [9.17, 15) is 4.79 Å². The van der Waals surface area contributed by atoms with Crippen LogP contribution < -0.4 is 4.74 Å². The van der Waals surface area contributed by atoms with Gasteiger partial charge in [0.25, 0.3) is 0 Å². The molecule has 0 unspecified atom stereocenters. The molecule has 0 amide bonds. The number of aryl methyl sites for hydroxylation is 2. The van der Waals surface area contributed by atoms with Gasteiger partial charge in [-0.25, -0.2) is 4.79 Å². The van der Waals surface area contributed by atoms with Crippen LogP contribution in [0.15, 0.2) is 35.3 Å². The molecule has 0 spiro atoms. The van der Waals surface area contributed by atoms with Gasteiger partial charge >= 0.3 is 0 Å². The molecule has 0 radical (unpaired) electrons. The third-order valence-electron chi connectivity index (χ3n) is 4.20. The van der Waals surface area contributed by atoms with Crippen LogP contribution in [0.3, 0.4) is 0 Å². The molecule has 1 aliphatic rings. The van der Waals surface area contributed by atoms with Gasteiger partial charge in [0.2, 0.25) is 6.08 Å². The lowest BCUT2D eigenvalue weighted by atomic mass is 10.0. The average Bonchev–Trinajstić information content (AvgIpc) is 3.35. The molecule has 0 aliphatic heterocycles. The number of benzene rings is 2. The smallest absolute Gasteiger partial charge is 0.240 e. The van der Waals surface area contributed by atoms with Gasteiger partial charge in [0, 0.05) is 10.6 Å². The molecule has 0 bridgehead atoms. The fraction of sp³-hybridized carbons (Fsp3) is 0.316. The normalized spacial score (nSPS) is 13.5. The molecule has 2 aromatic carbocycles. The second-order valence-corrected chi connectivity index (χ2v) is 6.39. The van der Waals surface area contributed by atoms with Gasteiger partial charge < -0.3 is 4.74 Å². The minimum atomic E-state index is 0.368. The first kappa shape index (κ1) is 15.8. The first-order valence-corrected chi connectivity index (χ1v) is 8.07. The minimum Gasteiger partial charge on any atom is -0.488 e. The molecule has 23 heavy (non-hydrogen) atoms. The SMILES string of the molecule is Cc1cc(C)c(OCc2c(N=C=O)cccc2C2CC2)cc1Cl. The van der Waals surface area contributed by atoms with Crippen molar-refractivity contribution in [3.05, 3.63) is 57.6 Å². The first-order valence-electron chi connectivity index (χ1n) is 7.69. The third kappa shape index (κ3) is 3.47. The van der Waals surface area contributed by atoms with Crippen LogP contribution in [0.2, 0.25) is 5.02 Å². The maximum absolute atomic E-state index is 10.7. The number of rotatable bonds is 5. The summed E-state index contributed by atoms with van der Waals surface area (Å²) in [6, 6.07) is 9.70. The van der Waals surface area contributed by atoms with Crippen molar-refractivity contribution in [2.45, 2.75) is 39.2 Å². The molecule has 0 aromatic heterocycles. The second-order valence-electron chi connectivity index (χ2n) is 5.98. The summed E-state index contributed by atoms with van der Waals surface area (Å²) in [6.45, 7) is 4.34. The van der Waals surface area contributed by atoms with E-state index in [1.165, 1.54) is 18.4 Å². The van der Waals surface area contributed by atoms with Crippen molar-refractivity contribution in [1.29, 1.82) is 0 Å². The number of carbonyl (C=O) groups excluding carboxylic acids is 1. The molecular weight excluding hydrogens is 310 g/mol. The fourth-order valence-corrected chi connectivity index (χ4v) is 2.95. The van der Waals surface area contributed by atoms with Gasteiger partial charge in [-0.1, -0.05) is 29.8 Å². The maximum Gasteiger partial charge on any atom is 0.240 e. The van der Waals surface area contributed by atoms with Gasteiger partial charge in [-0.2, -0.15) is 4.99 Å². The Morgan fingerprint density at radius 3 is 2.74 bits per heavy atom. The summed E-state index contributed by atoms with van der Waals surface area (Å²) in [5.74, 6) is 1.31. The van der Waals surface area contributed by atoms with E-state index < -0.39 is 0 Å². The predicted octanol–water partition coefficient (Wildman–Crippen LogP) is 5.38. The van der Waals surface area contributed by atoms with E-state index in [2.05, 4.69) is 11.1 Å². The Hall–Kier alpha value is -2.09. The number of nitrogens with zero attached hydrogens (tertiary/aromatic N) is 1. The van der Waals surface area contributed by atoms with Crippen molar-refractivity contribution in [3.8, 4) is 5.75 Å². The van der Waals surface area contributed by atoms with Crippen molar-refractivity contribution in [2.75, 3.05) is 0 Å². The number of halogens is 1. The molecule has 0 heterocycles. The van der Waals surface area contributed by atoms with Crippen LogP contribution in [0, 0.1) is 13.8 Å². The lowest BCUT2D eigenvalue weighted by Gasteiger charge is -2.15. The molecule has 1 fully saturated rings. The summed E-state index contributed by atoms with van der Waals surface area (Å²) in [7, 11) is 0. The van der Waals surface area contributed by atoms with Crippen LogP contribution in [0.4, 0.5) is 5.69 Å². The standard InChI is InChI=1S/C19H18ClNO2/c1-12-8-13(2)19(9-17(12)20)23-10-16-15(14-6-7-14)4-3-5-18(16)21-11-22/h3-5,8-9,14H,6-7,10H2,1-2H3. The monoisotopic (exact) mass is 327 g/mol. The summed E-state index contributed by atoms with van der Waals surface area (Å²) >= 11 is 6.19. The van der Waals surface area contributed by atoms with E-state index in [-0.39, 0.29) is 0 Å². The van der Waals surface area contributed by atoms with Gasteiger partial charge in [-0.3, -0.25) is 0 Å². The van der Waals surface area contributed by atoms with Crippen LogP contribution in [0.1, 0.15) is 41.0 Å². The molecule has 118 valence electrons. The predicted molar refractivity (Wildman–Crippen MR) is 91.5 cm³/mol. The Bertz CT molecular complexity index is 790. The number of hydrogen-bond donors (Lipinski definition) is 0. The largest absolute Gasteiger partial charge is 0.488 e. The minimum absolute atomic E-state index is 0.368. The summed E-state index contributed by atoms with van der Waals surface area (Å²) in [5, 5.41) is 0.687. The van der Waals surface area contributed by atoms with Crippen molar-refractivity contribution in [3.63, 3.8) is 0 Å². The van der Waals surface area contributed by atoms with Crippen LogP contribution in [-0.4, -0.2) is 6.08 Å². The molecule has 3 rings (SSSR count). The van der Waals surface area contributed by atoms with E-state index >= 15 is 0 Å². The molecule has 4 heteroatoms. The molecule has 3 nitrogen and oxygen atoms in total. The zero-order valence-electron chi connectivity index (χ0n) is 13.2. The zero-order chi connectivity index (χ0) is 16.4. The Balaban J connectivity index is 1.91. The molecule has 0 N–H and O–H groups in total. The van der Waals surface area contributed by atoms with Gasteiger partial charge in [0.1, 0.15) is 12.4 Å². The van der Waals surface area contributed by atoms with Crippen LogP contribution in [0.25, 0.3) is 0 Å². The molecule has 1 saturated carbocycles. The van der Waals surface area contributed by atoms with Crippen LogP contribution >= 0.6 is 11.6 Å². The molecule has 1 aliphatic carbocycles. The lowest BCUT2D eigenvalue weighted by Crippen LogP contribution is -2.01. The number of hydrogen-bond acceptors (Lipinski definition) is 3.